The van der Waals surface area contributed by atoms with E-state index in [0.29, 0.717) is 0 Å². The maximum atomic E-state index is 3.72. The van der Waals surface area contributed by atoms with Crippen LogP contribution in [0.2, 0.25) is 0 Å². The highest BCUT2D eigenvalue weighted by Gasteiger charge is 2.24. The van der Waals surface area contributed by atoms with Crippen molar-refractivity contribution in [1.29, 1.82) is 0 Å². The van der Waals surface area contributed by atoms with Crippen molar-refractivity contribution in [3.8, 4) is 0 Å². The number of rotatable bonds is 4. The Morgan fingerprint density at radius 1 is 1.19 bits per heavy atom. The van der Waals surface area contributed by atoms with Gasteiger partial charge in [-0.2, -0.15) is 0 Å². The summed E-state index contributed by atoms with van der Waals surface area (Å²) in [6.45, 7) is 5.49. The van der Waals surface area contributed by atoms with Crippen molar-refractivity contribution in [2.45, 2.75) is 52.1 Å². The molecule has 1 aliphatic carbocycles. The van der Waals surface area contributed by atoms with Gasteiger partial charge in [-0.1, -0.05) is 49.6 Å². The maximum Gasteiger partial charge on any atom is 0.0208 e. The first-order valence-electron chi connectivity index (χ1n) is 6.58. The van der Waals surface area contributed by atoms with Crippen LogP contribution >= 0.6 is 0 Å². The van der Waals surface area contributed by atoms with E-state index in [-0.39, 0.29) is 0 Å². The Labute approximate surface area is 99.3 Å². The van der Waals surface area contributed by atoms with Crippen molar-refractivity contribution in [1.82, 2.24) is 5.32 Å². The van der Waals surface area contributed by atoms with Gasteiger partial charge in [-0.05, 0) is 31.2 Å². The minimum Gasteiger partial charge on any atom is -0.310 e. The second-order valence-corrected chi connectivity index (χ2v) is 5.07. The Kier molecular flexibility index (Phi) is 4.00. The van der Waals surface area contributed by atoms with Crippen molar-refractivity contribution in [2.75, 3.05) is 0 Å². The van der Waals surface area contributed by atoms with E-state index < -0.39 is 0 Å². The van der Waals surface area contributed by atoms with Crippen LogP contribution in [0, 0.1) is 12.8 Å². The highest BCUT2D eigenvalue weighted by molar-refractivity contribution is 5.21. The van der Waals surface area contributed by atoms with Gasteiger partial charge in [0.25, 0.3) is 0 Å². The Bertz CT molecular complexity index is 315. The Morgan fingerprint density at radius 3 is 2.62 bits per heavy atom. The van der Waals surface area contributed by atoms with Crippen LogP contribution in [0.25, 0.3) is 0 Å². The van der Waals surface area contributed by atoms with Crippen LogP contribution in [0.15, 0.2) is 24.3 Å². The van der Waals surface area contributed by atoms with Gasteiger partial charge in [0.2, 0.25) is 0 Å². The van der Waals surface area contributed by atoms with E-state index in [1.54, 1.807) is 0 Å². The summed E-state index contributed by atoms with van der Waals surface area (Å²) in [5.41, 5.74) is 2.75. The summed E-state index contributed by atoms with van der Waals surface area (Å²) in [4.78, 5) is 0. The van der Waals surface area contributed by atoms with Crippen LogP contribution in [-0.2, 0) is 6.54 Å². The predicted octanol–water partition coefficient (Wildman–Crippen LogP) is 3.66. The molecule has 16 heavy (non-hydrogen) atoms. The average Bonchev–Trinajstić information content (AvgIpc) is 2.76. The lowest BCUT2D eigenvalue weighted by molar-refractivity contribution is 0.389. The molecule has 0 aromatic heterocycles. The van der Waals surface area contributed by atoms with Gasteiger partial charge in [-0.3, -0.25) is 0 Å². The van der Waals surface area contributed by atoms with E-state index in [0.717, 1.165) is 18.5 Å². The van der Waals surface area contributed by atoms with Crippen LogP contribution in [0.1, 0.15) is 43.7 Å². The first-order valence-corrected chi connectivity index (χ1v) is 6.58. The molecular formula is C15H23N. The molecule has 2 rings (SSSR count). The fourth-order valence-corrected chi connectivity index (χ4v) is 2.75. The minimum absolute atomic E-state index is 0.756. The minimum atomic E-state index is 0.756. The number of hydrogen-bond acceptors (Lipinski definition) is 1. The molecule has 1 nitrogen and oxygen atoms in total. The Morgan fingerprint density at radius 2 is 1.94 bits per heavy atom. The molecule has 0 aliphatic heterocycles. The van der Waals surface area contributed by atoms with Gasteiger partial charge in [0.05, 0.1) is 0 Å². The van der Waals surface area contributed by atoms with Crippen LogP contribution in [0.5, 0.6) is 0 Å². The number of benzene rings is 1. The fraction of sp³-hybridized carbons (Fsp3) is 0.600. The van der Waals surface area contributed by atoms with Crippen LogP contribution in [-0.4, -0.2) is 6.04 Å². The molecule has 0 radical (unpaired) electrons. The topological polar surface area (TPSA) is 12.0 Å². The fourth-order valence-electron chi connectivity index (χ4n) is 2.75. The van der Waals surface area contributed by atoms with Crippen LogP contribution < -0.4 is 5.32 Å². The van der Waals surface area contributed by atoms with Gasteiger partial charge in [-0.15, -0.1) is 0 Å². The van der Waals surface area contributed by atoms with Crippen molar-refractivity contribution in [3.63, 3.8) is 0 Å². The number of aryl methyl sites for hydroxylation is 1. The zero-order valence-corrected chi connectivity index (χ0v) is 10.5. The molecule has 1 fully saturated rings. The van der Waals surface area contributed by atoms with Crippen molar-refractivity contribution in [3.05, 3.63) is 35.4 Å². The molecule has 1 aromatic rings. The van der Waals surface area contributed by atoms with Gasteiger partial charge in [0, 0.05) is 12.6 Å². The summed E-state index contributed by atoms with van der Waals surface area (Å²) in [5, 5.41) is 3.72. The third kappa shape index (κ3) is 2.85. The van der Waals surface area contributed by atoms with E-state index in [2.05, 4.69) is 43.4 Å². The summed E-state index contributed by atoms with van der Waals surface area (Å²) in [6.07, 6.45) is 5.52. The third-order valence-corrected chi connectivity index (χ3v) is 3.87. The summed E-state index contributed by atoms with van der Waals surface area (Å²) in [5.74, 6) is 0.908. The maximum absolute atomic E-state index is 3.72. The smallest absolute Gasteiger partial charge is 0.0208 e. The van der Waals surface area contributed by atoms with Crippen LogP contribution in [0.3, 0.4) is 0 Å². The van der Waals surface area contributed by atoms with E-state index in [9.17, 15) is 0 Å². The lowest BCUT2D eigenvalue weighted by atomic mass is 10.0. The normalized spacial score (nSPS) is 24.9. The van der Waals surface area contributed by atoms with E-state index in [4.69, 9.17) is 0 Å². The third-order valence-electron chi connectivity index (χ3n) is 3.87. The molecular weight excluding hydrogens is 194 g/mol. The second kappa shape index (κ2) is 5.49. The van der Waals surface area contributed by atoms with Crippen LogP contribution in [0.4, 0.5) is 0 Å². The molecule has 0 spiro atoms. The molecule has 2 unspecified atom stereocenters. The number of hydrogen-bond donors (Lipinski definition) is 1. The standard InChI is InChI=1S/C15H23N/c1-3-14-5-4-6-15(14)16-11-13-9-7-12(2)8-10-13/h7-10,14-16H,3-6,11H2,1-2H3. The lowest BCUT2D eigenvalue weighted by Gasteiger charge is -2.19. The second-order valence-electron chi connectivity index (χ2n) is 5.07. The molecule has 1 heteroatoms. The SMILES string of the molecule is CCC1CCCC1NCc1ccc(C)cc1. The largest absolute Gasteiger partial charge is 0.310 e. The molecule has 0 amide bonds. The van der Waals surface area contributed by atoms with Gasteiger partial charge in [0.1, 0.15) is 0 Å². The Hall–Kier alpha value is -0.820. The van der Waals surface area contributed by atoms with Gasteiger partial charge in [-0.25, -0.2) is 0 Å². The van der Waals surface area contributed by atoms with E-state index >= 15 is 0 Å². The molecule has 1 saturated carbocycles. The summed E-state index contributed by atoms with van der Waals surface area (Å²) in [6, 6.07) is 9.62. The quantitative estimate of drug-likeness (QED) is 0.811. The highest BCUT2D eigenvalue weighted by Crippen LogP contribution is 2.28. The highest BCUT2D eigenvalue weighted by atomic mass is 14.9. The zero-order valence-electron chi connectivity index (χ0n) is 10.5. The summed E-state index contributed by atoms with van der Waals surface area (Å²) < 4.78 is 0. The van der Waals surface area contributed by atoms with Crippen molar-refractivity contribution >= 4 is 0 Å². The van der Waals surface area contributed by atoms with Crippen molar-refractivity contribution < 1.29 is 0 Å². The van der Waals surface area contributed by atoms with E-state index in [1.165, 1.54) is 36.8 Å². The molecule has 2 atom stereocenters. The zero-order chi connectivity index (χ0) is 11.4. The first kappa shape index (κ1) is 11.7. The molecule has 0 saturated heterocycles. The predicted molar refractivity (Wildman–Crippen MR) is 69.4 cm³/mol. The van der Waals surface area contributed by atoms with Gasteiger partial charge in [0.15, 0.2) is 0 Å². The van der Waals surface area contributed by atoms with E-state index in [1.807, 2.05) is 0 Å². The summed E-state index contributed by atoms with van der Waals surface area (Å²) >= 11 is 0. The Balaban J connectivity index is 1.85. The average molecular weight is 217 g/mol. The van der Waals surface area contributed by atoms with Gasteiger partial charge < -0.3 is 5.32 Å². The number of nitrogens with one attached hydrogen (secondary N) is 1. The monoisotopic (exact) mass is 217 g/mol. The molecule has 1 N–H and O–H groups in total. The summed E-state index contributed by atoms with van der Waals surface area (Å²) in [7, 11) is 0. The molecule has 0 bridgehead atoms. The lowest BCUT2D eigenvalue weighted by Crippen LogP contribution is -2.31. The van der Waals surface area contributed by atoms with Crippen molar-refractivity contribution in [2.24, 2.45) is 5.92 Å². The molecule has 0 heterocycles. The first-order chi connectivity index (χ1) is 7.79. The molecule has 1 aromatic carbocycles. The molecule has 88 valence electrons. The van der Waals surface area contributed by atoms with Gasteiger partial charge >= 0.3 is 0 Å². The molecule has 1 aliphatic rings.